The van der Waals surface area contributed by atoms with Crippen molar-refractivity contribution in [2.45, 2.75) is 26.2 Å². The van der Waals surface area contributed by atoms with E-state index in [1.54, 1.807) is 31.2 Å². The van der Waals surface area contributed by atoms with Gasteiger partial charge in [0.15, 0.2) is 0 Å². The van der Waals surface area contributed by atoms with E-state index in [0.29, 0.717) is 22.9 Å². The first kappa shape index (κ1) is 26.6. The van der Waals surface area contributed by atoms with Gasteiger partial charge < -0.3 is 17.8 Å². The first-order valence-electron chi connectivity index (χ1n) is 11.5. The Morgan fingerprint density at radius 1 is 0.575 bits per heavy atom. The predicted molar refractivity (Wildman–Crippen MR) is 141 cm³/mol. The maximum absolute atomic E-state index is 11.8. The summed E-state index contributed by atoms with van der Waals surface area (Å²) in [6, 6.07) is 18.6. The fraction of sp³-hybridized carbons (Fsp3) is 0.111. The minimum atomic E-state index is -4.81. The predicted octanol–water partition coefficient (Wildman–Crippen LogP) is 5.33. The van der Waals surface area contributed by atoms with Crippen LogP contribution in [0.25, 0.3) is 57.3 Å². The zero-order valence-corrected chi connectivity index (χ0v) is 21.2. The lowest BCUT2D eigenvalue weighted by atomic mass is 10.1. The van der Waals surface area contributed by atoms with Gasteiger partial charge in [-0.3, -0.25) is 0 Å². The maximum atomic E-state index is 11.8. The van der Waals surface area contributed by atoms with Crippen molar-refractivity contribution in [1.29, 1.82) is 0 Å². The Bertz CT molecular complexity index is 1920. The van der Waals surface area contributed by atoms with E-state index in [1.807, 2.05) is 31.2 Å². The summed E-state index contributed by atoms with van der Waals surface area (Å²) >= 11 is 0. The van der Waals surface area contributed by atoms with Gasteiger partial charge in [0, 0.05) is 34.7 Å². The molecule has 0 atom stereocenters. The molecule has 6 rings (SSSR count). The van der Waals surface area contributed by atoms with Gasteiger partial charge in [-0.1, -0.05) is 31.2 Å². The minimum absolute atomic E-state index is 0. The summed E-state index contributed by atoms with van der Waals surface area (Å²) < 4.78 is 52.5. The Morgan fingerprint density at radius 2 is 1.02 bits per heavy atom. The summed E-state index contributed by atoms with van der Waals surface area (Å²) in [7, 11) is -4.81. The van der Waals surface area contributed by atoms with Crippen LogP contribution in [-0.4, -0.2) is 43.6 Å². The van der Waals surface area contributed by atoms with Gasteiger partial charge in [0.2, 0.25) is 35.3 Å². The van der Waals surface area contributed by atoms with Gasteiger partial charge >= 0.3 is 0 Å². The normalized spacial score (nSPS) is 11.4. The van der Waals surface area contributed by atoms with Crippen LogP contribution in [0, 0.1) is 13.8 Å². The molecule has 0 unspecified atom stereocenters. The molecule has 0 aliphatic heterocycles. The van der Waals surface area contributed by atoms with Gasteiger partial charge in [0.25, 0.3) is 0 Å². The van der Waals surface area contributed by atoms with Crippen molar-refractivity contribution in [1.82, 2.24) is 30.6 Å². The molecule has 0 aliphatic rings. The van der Waals surface area contributed by atoms with Gasteiger partial charge in [-0.05, 0) is 55.5 Å². The highest BCUT2D eigenvalue weighted by atomic mass is 32.2. The first-order chi connectivity index (χ1) is 18.7. The molecule has 13 heteroatoms. The molecule has 0 saturated heterocycles. The molecule has 0 fully saturated rings. The second-order valence-corrected chi connectivity index (χ2v) is 9.98. The number of aryl methyl sites for hydroxylation is 2. The van der Waals surface area contributed by atoms with Crippen LogP contribution in [-0.2, 0) is 10.1 Å². The van der Waals surface area contributed by atoms with Crippen molar-refractivity contribution >= 4 is 10.1 Å². The molecule has 0 amide bonds. The van der Waals surface area contributed by atoms with E-state index >= 15 is 0 Å². The lowest BCUT2D eigenvalue weighted by Crippen LogP contribution is -1.99. The molecule has 0 aliphatic carbocycles. The van der Waals surface area contributed by atoms with Crippen molar-refractivity contribution in [3.05, 3.63) is 78.2 Å². The average Bonchev–Trinajstić information content (AvgIpc) is 3.70. The van der Waals surface area contributed by atoms with E-state index in [0.717, 1.165) is 23.3 Å². The molecule has 0 N–H and O–H groups in total. The number of aromatic nitrogens is 6. The number of rotatable bonds is 6. The van der Waals surface area contributed by atoms with Gasteiger partial charge in [0.1, 0.15) is 10.1 Å². The molecule has 6 aromatic rings. The summed E-state index contributed by atoms with van der Waals surface area (Å²) in [5.41, 5.74) is 3.51. The van der Waals surface area contributed by atoms with E-state index in [-0.39, 0.29) is 42.1 Å². The summed E-state index contributed by atoms with van der Waals surface area (Å²) in [6.45, 7) is 3.58. The minimum Gasteiger partial charge on any atom is -0.744 e. The molecule has 0 spiro atoms. The molecule has 202 valence electrons. The Hall–Kier alpha value is -5.01. The molecular formula is C27H21N6O6S-. The van der Waals surface area contributed by atoms with E-state index < -0.39 is 15.0 Å². The van der Waals surface area contributed by atoms with Gasteiger partial charge in [-0.25, -0.2) is 8.42 Å². The van der Waals surface area contributed by atoms with E-state index in [1.165, 1.54) is 6.07 Å². The van der Waals surface area contributed by atoms with Crippen LogP contribution in [0.2, 0.25) is 0 Å². The van der Waals surface area contributed by atoms with E-state index in [4.69, 9.17) is 13.3 Å². The summed E-state index contributed by atoms with van der Waals surface area (Å²) in [5, 5.41) is 24.1. The fourth-order valence-electron chi connectivity index (χ4n) is 3.80. The van der Waals surface area contributed by atoms with Crippen molar-refractivity contribution in [2.24, 2.45) is 0 Å². The van der Waals surface area contributed by atoms with E-state index in [2.05, 4.69) is 30.6 Å². The van der Waals surface area contributed by atoms with Gasteiger partial charge in [-0.2, -0.15) is 0 Å². The Morgan fingerprint density at radius 3 is 1.52 bits per heavy atom. The third-order valence-electron chi connectivity index (χ3n) is 5.72. The summed E-state index contributed by atoms with van der Waals surface area (Å²) in [4.78, 5) is -0.506. The number of nitrogens with zero attached hydrogens (tertiary/aromatic N) is 6. The number of hydrogen-bond acceptors (Lipinski definition) is 12. The first-order valence-corrected chi connectivity index (χ1v) is 12.9. The highest BCUT2D eigenvalue weighted by molar-refractivity contribution is 7.85. The van der Waals surface area contributed by atoms with Crippen LogP contribution in [0.3, 0.4) is 0 Å². The molecule has 12 nitrogen and oxygen atoms in total. The van der Waals surface area contributed by atoms with Crippen molar-refractivity contribution in [3.63, 3.8) is 0 Å². The zero-order chi connectivity index (χ0) is 27.1. The lowest BCUT2D eigenvalue weighted by Gasteiger charge is -2.09. The molecule has 0 saturated carbocycles. The van der Waals surface area contributed by atoms with Crippen LogP contribution in [0.1, 0.15) is 18.9 Å². The lowest BCUT2D eigenvalue weighted by molar-refractivity contribution is 0.463. The second kappa shape index (κ2) is 10.3. The Labute approximate surface area is 228 Å². The Kier molecular flexibility index (Phi) is 6.83. The molecule has 3 aromatic carbocycles. The van der Waals surface area contributed by atoms with Crippen LogP contribution < -0.4 is 0 Å². The van der Waals surface area contributed by atoms with Crippen LogP contribution in [0.4, 0.5) is 0 Å². The molecule has 0 bridgehead atoms. The molecule has 3 aromatic heterocycles. The SMILES string of the molecule is C.Cc1ccc(-c2nnc(-c3cccc(-c4nnc(-c5cc(-c6nnc(C)o6)cc(S(=O)(=O)[O-])c5)o4)c3)o2)cc1. The average molecular weight is 558 g/mol. The molecule has 0 radical (unpaired) electrons. The number of benzene rings is 3. The number of hydrogen-bond donors (Lipinski definition) is 0. The van der Waals surface area contributed by atoms with Crippen LogP contribution in [0.5, 0.6) is 0 Å². The van der Waals surface area contributed by atoms with Gasteiger partial charge in [0.05, 0.1) is 4.90 Å². The van der Waals surface area contributed by atoms with Crippen molar-refractivity contribution in [2.75, 3.05) is 0 Å². The fourth-order valence-corrected chi connectivity index (χ4v) is 4.34. The summed E-state index contributed by atoms with van der Waals surface area (Å²) in [6.07, 6.45) is 0. The summed E-state index contributed by atoms with van der Waals surface area (Å²) in [5.74, 6) is 1.13. The van der Waals surface area contributed by atoms with Crippen LogP contribution in [0.15, 0.2) is 84.9 Å². The standard InChI is InChI=1S/C26H18N6O6S.CH4/c1-14-6-8-16(9-7-14)22-29-30-23(37-22)17-4-3-5-18(10-17)24-31-32-26(38-24)20-11-19(25-28-27-15(2)36-25)12-21(13-20)39(33,34)35;/h3-13H,1-2H3,(H,33,34,35);1H4/p-1. The van der Waals surface area contributed by atoms with Crippen molar-refractivity contribution < 1.29 is 26.2 Å². The van der Waals surface area contributed by atoms with Gasteiger partial charge in [-0.15, -0.1) is 30.6 Å². The molecular weight excluding hydrogens is 536 g/mol. The van der Waals surface area contributed by atoms with E-state index in [9.17, 15) is 13.0 Å². The second-order valence-electron chi connectivity index (χ2n) is 8.60. The monoisotopic (exact) mass is 557 g/mol. The van der Waals surface area contributed by atoms with Crippen molar-refractivity contribution in [3.8, 4) is 57.3 Å². The third kappa shape index (κ3) is 5.28. The molecule has 40 heavy (non-hydrogen) atoms. The highest BCUT2D eigenvalue weighted by Gasteiger charge is 2.18. The smallest absolute Gasteiger partial charge is 0.248 e. The maximum Gasteiger partial charge on any atom is 0.248 e. The topological polar surface area (TPSA) is 174 Å². The highest BCUT2D eigenvalue weighted by Crippen LogP contribution is 2.32. The third-order valence-corrected chi connectivity index (χ3v) is 6.53. The van der Waals surface area contributed by atoms with Crippen LogP contribution >= 0.6 is 0 Å². The molecule has 3 heterocycles. The Balaban J connectivity index is 0.00000323. The quantitative estimate of drug-likeness (QED) is 0.241. The zero-order valence-electron chi connectivity index (χ0n) is 20.4. The largest absolute Gasteiger partial charge is 0.744 e.